The van der Waals surface area contributed by atoms with E-state index in [9.17, 15) is 25.1 Å². The van der Waals surface area contributed by atoms with Crippen molar-refractivity contribution >= 4 is 22.4 Å². The first-order chi connectivity index (χ1) is 17.3. The normalized spacial score (nSPS) is 12.6. The topological polar surface area (TPSA) is 131 Å². The number of amides is 1. The third-order valence-electron chi connectivity index (χ3n) is 5.67. The molecule has 4 aromatic carbocycles. The summed E-state index contributed by atoms with van der Waals surface area (Å²) in [6.45, 7) is 0. The van der Waals surface area contributed by atoms with Gasteiger partial charge < -0.3 is 25.0 Å². The number of carbonyl (C=O) groups is 1. The van der Waals surface area contributed by atoms with Gasteiger partial charge in [0.25, 0.3) is 11.6 Å². The standard InChI is InChI=1S/C27H24N2O7/c1-35-27(32)24(28-26(31)23-15-18-4-2-3-5-19(18)16-25(23)30)14-17-6-10-21(11-7-17)36-22-12-8-20(9-13-22)29(33)34/h2-13,15-16,24,27,30,32H,14H2,1H3,(H,28,31). The summed E-state index contributed by atoms with van der Waals surface area (Å²) in [5.41, 5.74) is 0.850. The number of hydrogen-bond acceptors (Lipinski definition) is 7. The van der Waals surface area contributed by atoms with Crippen LogP contribution >= 0.6 is 0 Å². The van der Waals surface area contributed by atoms with Gasteiger partial charge in [-0.15, -0.1) is 0 Å². The van der Waals surface area contributed by atoms with Crippen LogP contribution in [0.1, 0.15) is 15.9 Å². The Kier molecular flexibility index (Phi) is 7.43. The van der Waals surface area contributed by atoms with Crippen molar-refractivity contribution in [1.82, 2.24) is 5.32 Å². The molecular weight excluding hydrogens is 464 g/mol. The van der Waals surface area contributed by atoms with Crippen molar-refractivity contribution in [3.05, 3.63) is 106 Å². The van der Waals surface area contributed by atoms with Crippen molar-refractivity contribution in [2.24, 2.45) is 0 Å². The number of nitrogens with one attached hydrogen (secondary N) is 1. The Labute approximate surface area is 206 Å². The first-order valence-electron chi connectivity index (χ1n) is 11.1. The molecule has 0 aromatic heterocycles. The number of phenols is 1. The lowest BCUT2D eigenvalue weighted by Crippen LogP contribution is -2.45. The predicted octanol–water partition coefficient (Wildman–Crippen LogP) is 4.55. The number of hydrogen-bond donors (Lipinski definition) is 3. The van der Waals surface area contributed by atoms with Crippen LogP contribution in [0.5, 0.6) is 17.2 Å². The van der Waals surface area contributed by atoms with Crippen LogP contribution < -0.4 is 10.1 Å². The number of non-ortho nitro benzene ring substituents is 1. The largest absolute Gasteiger partial charge is 0.507 e. The monoisotopic (exact) mass is 488 g/mol. The van der Waals surface area contributed by atoms with Crippen molar-refractivity contribution < 1.29 is 29.4 Å². The Bertz CT molecular complexity index is 1370. The van der Waals surface area contributed by atoms with Crippen LogP contribution in [-0.2, 0) is 11.2 Å². The van der Waals surface area contributed by atoms with Crippen LogP contribution in [0.25, 0.3) is 10.8 Å². The van der Waals surface area contributed by atoms with Gasteiger partial charge in [0.15, 0.2) is 6.29 Å². The summed E-state index contributed by atoms with van der Waals surface area (Å²) in [6.07, 6.45) is -1.04. The summed E-state index contributed by atoms with van der Waals surface area (Å²) in [5, 5.41) is 35.9. The molecule has 0 fully saturated rings. The van der Waals surface area contributed by atoms with Crippen LogP contribution in [0.3, 0.4) is 0 Å². The molecule has 0 radical (unpaired) electrons. The van der Waals surface area contributed by atoms with E-state index in [1.807, 2.05) is 24.3 Å². The molecular formula is C27H24N2O7. The second kappa shape index (κ2) is 10.9. The van der Waals surface area contributed by atoms with Crippen molar-refractivity contribution in [3.8, 4) is 17.2 Å². The van der Waals surface area contributed by atoms with E-state index in [0.29, 0.717) is 11.5 Å². The Hall–Kier alpha value is -4.47. The van der Waals surface area contributed by atoms with E-state index in [0.717, 1.165) is 16.3 Å². The van der Waals surface area contributed by atoms with Gasteiger partial charge in [0.1, 0.15) is 17.2 Å². The number of rotatable bonds is 9. The summed E-state index contributed by atoms with van der Waals surface area (Å²) in [6, 6.07) is 22.4. The average Bonchev–Trinajstić information content (AvgIpc) is 2.88. The number of aliphatic hydroxyl groups excluding tert-OH is 1. The quantitative estimate of drug-likeness (QED) is 0.179. The molecule has 36 heavy (non-hydrogen) atoms. The van der Waals surface area contributed by atoms with Gasteiger partial charge in [-0.2, -0.15) is 0 Å². The highest BCUT2D eigenvalue weighted by molar-refractivity contribution is 6.01. The maximum Gasteiger partial charge on any atom is 0.269 e. The molecule has 3 N–H and O–H groups in total. The predicted molar refractivity (Wildman–Crippen MR) is 133 cm³/mol. The highest BCUT2D eigenvalue weighted by Crippen LogP contribution is 2.26. The number of ether oxygens (including phenoxy) is 2. The second-order valence-electron chi connectivity index (χ2n) is 8.12. The molecule has 4 rings (SSSR count). The molecule has 0 aliphatic heterocycles. The fraction of sp³-hybridized carbons (Fsp3) is 0.148. The van der Waals surface area contributed by atoms with Gasteiger partial charge in [-0.05, 0) is 59.2 Å². The average molecular weight is 488 g/mol. The molecule has 0 aliphatic carbocycles. The van der Waals surface area contributed by atoms with E-state index in [4.69, 9.17) is 9.47 Å². The fourth-order valence-corrected chi connectivity index (χ4v) is 3.76. The minimum atomic E-state index is -1.28. The number of nitro groups is 1. The zero-order valence-corrected chi connectivity index (χ0v) is 19.3. The van der Waals surface area contributed by atoms with Crippen LogP contribution in [0.15, 0.2) is 84.9 Å². The lowest BCUT2D eigenvalue weighted by molar-refractivity contribution is -0.384. The molecule has 0 saturated carbocycles. The molecule has 0 bridgehead atoms. The van der Waals surface area contributed by atoms with Crippen molar-refractivity contribution in [2.45, 2.75) is 18.8 Å². The third kappa shape index (κ3) is 5.77. The van der Waals surface area contributed by atoms with Crippen LogP contribution in [0, 0.1) is 10.1 Å². The molecule has 184 valence electrons. The number of aliphatic hydroxyl groups is 1. The maximum atomic E-state index is 13.0. The third-order valence-corrected chi connectivity index (χ3v) is 5.67. The molecule has 9 heteroatoms. The summed E-state index contributed by atoms with van der Waals surface area (Å²) in [5.74, 6) is 0.257. The lowest BCUT2D eigenvalue weighted by atomic mass is 10.0. The minimum absolute atomic E-state index is 0.0282. The summed E-state index contributed by atoms with van der Waals surface area (Å²) >= 11 is 0. The van der Waals surface area contributed by atoms with E-state index in [-0.39, 0.29) is 23.4 Å². The fourth-order valence-electron chi connectivity index (χ4n) is 3.76. The Morgan fingerprint density at radius 3 is 2.14 bits per heavy atom. The maximum absolute atomic E-state index is 13.0. The van der Waals surface area contributed by atoms with E-state index < -0.39 is 23.2 Å². The Morgan fingerprint density at radius 1 is 0.972 bits per heavy atom. The SMILES string of the molecule is COC(O)C(Cc1ccc(Oc2ccc([N+](=O)[O-])cc2)cc1)NC(=O)c1cc2ccccc2cc1O. The number of nitro benzene ring substituents is 1. The van der Waals surface area contributed by atoms with Gasteiger partial charge in [-0.1, -0.05) is 36.4 Å². The van der Waals surface area contributed by atoms with Crippen LogP contribution in [0.4, 0.5) is 5.69 Å². The number of carbonyl (C=O) groups excluding carboxylic acids is 1. The van der Waals surface area contributed by atoms with Gasteiger partial charge in [0, 0.05) is 19.2 Å². The zero-order valence-electron chi connectivity index (χ0n) is 19.3. The molecule has 9 nitrogen and oxygen atoms in total. The van der Waals surface area contributed by atoms with Crippen molar-refractivity contribution in [1.29, 1.82) is 0 Å². The minimum Gasteiger partial charge on any atom is -0.507 e. The summed E-state index contributed by atoms with van der Waals surface area (Å²) in [7, 11) is 1.33. The van der Waals surface area contributed by atoms with Crippen LogP contribution in [0.2, 0.25) is 0 Å². The lowest BCUT2D eigenvalue weighted by Gasteiger charge is -2.23. The second-order valence-corrected chi connectivity index (χ2v) is 8.12. The first kappa shape index (κ1) is 24.6. The highest BCUT2D eigenvalue weighted by Gasteiger charge is 2.24. The molecule has 1 amide bonds. The zero-order chi connectivity index (χ0) is 25.7. The number of benzene rings is 4. The van der Waals surface area contributed by atoms with E-state index in [1.54, 1.807) is 30.3 Å². The van der Waals surface area contributed by atoms with Gasteiger partial charge in [0.05, 0.1) is 16.5 Å². The molecule has 2 atom stereocenters. The van der Waals surface area contributed by atoms with Crippen LogP contribution in [-0.4, -0.2) is 40.5 Å². The molecule has 0 saturated heterocycles. The smallest absolute Gasteiger partial charge is 0.269 e. The first-order valence-corrected chi connectivity index (χ1v) is 11.1. The van der Waals surface area contributed by atoms with E-state index in [2.05, 4.69) is 5.32 Å². The summed E-state index contributed by atoms with van der Waals surface area (Å²) < 4.78 is 10.8. The number of fused-ring (bicyclic) bond motifs is 1. The molecule has 0 spiro atoms. The van der Waals surface area contributed by atoms with Gasteiger partial charge in [-0.25, -0.2) is 0 Å². The Balaban J connectivity index is 1.45. The number of phenolic OH excluding ortho intramolecular Hbond substituents is 1. The van der Waals surface area contributed by atoms with Crippen molar-refractivity contribution in [2.75, 3.05) is 7.11 Å². The Morgan fingerprint density at radius 2 is 1.56 bits per heavy atom. The molecule has 0 aliphatic rings. The van der Waals surface area contributed by atoms with Gasteiger partial charge in [0.2, 0.25) is 0 Å². The van der Waals surface area contributed by atoms with Gasteiger partial charge >= 0.3 is 0 Å². The van der Waals surface area contributed by atoms with Gasteiger partial charge in [-0.3, -0.25) is 14.9 Å². The summed E-state index contributed by atoms with van der Waals surface area (Å²) in [4.78, 5) is 23.3. The molecule has 0 heterocycles. The van der Waals surface area contributed by atoms with E-state index in [1.165, 1.54) is 37.4 Å². The van der Waals surface area contributed by atoms with E-state index >= 15 is 0 Å². The number of aromatic hydroxyl groups is 1. The molecule has 2 unspecified atom stereocenters. The van der Waals surface area contributed by atoms with Crippen molar-refractivity contribution in [3.63, 3.8) is 0 Å². The molecule has 4 aromatic rings. The highest BCUT2D eigenvalue weighted by atomic mass is 16.6. The number of methoxy groups -OCH3 is 1. The number of nitrogens with zero attached hydrogens (tertiary/aromatic N) is 1.